The molecule has 0 amide bonds. The van der Waals surface area contributed by atoms with Gasteiger partial charge < -0.3 is 10.1 Å². The topological polar surface area (TPSA) is 21.3 Å². The predicted molar refractivity (Wildman–Crippen MR) is 76.5 cm³/mol. The molecule has 0 aromatic rings. The van der Waals surface area contributed by atoms with Crippen molar-refractivity contribution in [1.82, 2.24) is 5.32 Å². The van der Waals surface area contributed by atoms with Crippen LogP contribution in [0.15, 0.2) is 12.2 Å². The first-order valence-electron chi connectivity index (χ1n) is 7.26. The van der Waals surface area contributed by atoms with E-state index in [-0.39, 0.29) is 0 Å². The molecule has 2 nitrogen and oxygen atoms in total. The Morgan fingerprint density at radius 1 is 0.882 bits per heavy atom. The van der Waals surface area contributed by atoms with Crippen molar-refractivity contribution in [2.24, 2.45) is 0 Å². The van der Waals surface area contributed by atoms with Crippen LogP contribution in [0.4, 0.5) is 0 Å². The van der Waals surface area contributed by atoms with Gasteiger partial charge in [-0.15, -0.1) is 0 Å². The zero-order chi connectivity index (χ0) is 12.6. The molecule has 0 spiro atoms. The third-order valence-corrected chi connectivity index (χ3v) is 2.86. The van der Waals surface area contributed by atoms with Gasteiger partial charge in [0.15, 0.2) is 0 Å². The quantitative estimate of drug-likeness (QED) is 0.390. The van der Waals surface area contributed by atoms with Crippen molar-refractivity contribution in [3.05, 3.63) is 12.2 Å². The number of nitrogens with one attached hydrogen (secondary N) is 1. The SMILES string of the molecule is CCNCCCCCCCC=CCCCOC. The molecule has 1 N–H and O–H groups in total. The van der Waals surface area contributed by atoms with Gasteiger partial charge in [-0.1, -0.05) is 38.3 Å². The van der Waals surface area contributed by atoms with Crippen molar-refractivity contribution in [3.8, 4) is 0 Å². The van der Waals surface area contributed by atoms with Crippen LogP contribution in [0, 0.1) is 0 Å². The van der Waals surface area contributed by atoms with E-state index in [4.69, 9.17) is 4.74 Å². The number of unbranched alkanes of at least 4 members (excludes halogenated alkanes) is 6. The molecule has 0 aromatic carbocycles. The molecule has 0 aliphatic rings. The predicted octanol–water partition coefficient (Wildman–Crippen LogP) is 3.92. The minimum Gasteiger partial charge on any atom is -0.385 e. The van der Waals surface area contributed by atoms with Crippen LogP contribution in [0.1, 0.15) is 58.3 Å². The second-order valence-corrected chi connectivity index (χ2v) is 4.52. The number of hydrogen-bond donors (Lipinski definition) is 1. The van der Waals surface area contributed by atoms with E-state index < -0.39 is 0 Å². The summed E-state index contributed by atoms with van der Waals surface area (Å²) in [5.74, 6) is 0. The van der Waals surface area contributed by atoms with E-state index in [2.05, 4.69) is 24.4 Å². The summed E-state index contributed by atoms with van der Waals surface area (Å²) in [5.41, 5.74) is 0. The lowest BCUT2D eigenvalue weighted by atomic mass is 10.1. The van der Waals surface area contributed by atoms with Gasteiger partial charge in [0, 0.05) is 13.7 Å². The highest BCUT2D eigenvalue weighted by Crippen LogP contribution is 2.06. The standard InChI is InChI=1S/C15H31NO/c1-3-16-14-12-10-8-6-4-5-7-9-11-13-15-17-2/h7,9,16H,3-6,8,10-15H2,1-2H3. The minimum absolute atomic E-state index is 0.885. The maximum atomic E-state index is 5.00. The fourth-order valence-corrected chi connectivity index (χ4v) is 1.80. The van der Waals surface area contributed by atoms with Gasteiger partial charge in [-0.3, -0.25) is 0 Å². The summed E-state index contributed by atoms with van der Waals surface area (Å²) in [7, 11) is 1.76. The number of allylic oxidation sites excluding steroid dienone is 2. The van der Waals surface area contributed by atoms with Crippen LogP contribution in [0.25, 0.3) is 0 Å². The number of hydrogen-bond acceptors (Lipinski definition) is 2. The molecule has 102 valence electrons. The monoisotopic (exact) mass is 241 g/mol. The van der Waals surface area contributed by atoms with Crippen LogP contribution < -0.4 is 5.32 Å². The average Bonchev–Trinajstić information content (AvgIpc) is 2.35. The Kier molecular flexibility index (Phi) is 15.3. The van der Waals surface area contributed by atoms with Crippen LogP contribution in [0.2, 0.25) is 0 Å². The average molecular weight is 241 g/mol. The molecule has 0 aromatic heterocycles. The molecule has 0 unspecified atom stereocenters. The molecular formula is C15H31NO. The van der Waals surface area contributed by atoms with E-state index in [9.17, 15) is 0 Å². The summed E-state index contributed by atoms with van der Waals surface area (Å²) >= 11 is 0. The van der Waals surface area contributed by atoms with E-state index in [0.717, 1.165) is 26.0 Å². The fourth-order valence-electron chi connectivity index (χ4n) is 1.80. The molecule has 0 bridgehead atoms. The maximum Gasteiger partial charge on any atom is 0.0465 e. The highest BCUT2D eigenvalue weighted by Gasteiger charge is 1.89. The molecule has 0 radical (unpaired) electrons. The normalized spacial score (nSPS) is 11.4. The minimum atomic E-state index is 0.885. The number of ether oxygens (including phenoxy) is 1. The molecule has 0 fully saturated rings. The summed E-state index contributed by atoms with van der Waals surface area (Å²) in [6.45, 7) is 5.35. The largest absolute Gasteiger partial charge is 0.385 e. The Labute approximate surface area is 108 Å². The Morgan fingerprint density at radius 2 is 1.53 bits per heavy atom. The molecular weight excluding hydrogens is 210 g/mol. The van der Waals surface area contributed by atoms with Gasteiger partial charge in [0.25, 0.3) is 0 Å². The van der Waals surface area contributed by atoms with E-state index in [0.29, 0.717) is 0 Å². The Hall–Kier alpha value is -0.340. The second-order valence-electron chi connectivity index (χ2n) is 4.52. The first kappa shape index (κ1) is 16.7. The Balaban J connectivity index is 2.97. The van der Waals surface area contributed by atoms with Crippen molar-refractivity contribution in [2.75, 3.05) is 26.8 Å². The molecule has 0 aliphatic heterocycles. The van der Waals surface area contributed by atoms with E-state index in [1.807, 2.05) is 0 Å². The molecule has 0 rings (SSSR count). The third-order valence-electron chi connectivity index (χ3n) is 2.86. The molecule has 17 heavy (non-hydrogen) atoms. The molecule has 0 saturated carbocycles. The van der Waals surface area contributed by atoms with Crippen molar-refractivity contribution in [1.29, 1.82) is 0 Å². The molecule has 0 atom stereocenters. The zero-order valence-electron chi connectivity index (χ0n) is 11.8. The van der Waals surface area contributed by atoms with Crippen LogP contribution in [-0.4, -0.2) is 26.8 Å². The van der Waals surface area contributed by atoms with Crippen molar-refractivity contribution in [2.45, 2.75) is 58.3 Å². The summed E-state index contributed by atoms with van der Waals surface area (Å²) in [6, 6.07) is 0. The van der Waals surface area contributed by atoms with Crippen molar-refractivity contribution >= 4 is 0 Å². The first-order chi connectivity index (χ1) is 8.41. The number of methoxy groups -OCH3 is 1. The van der Waals surface area contributed by atoms with E-state index in [1.54, 1.807) is 7.11 Å². The van der Waals surface area contributed by atoms with E-state index in [1.165, 1.54) is 45.1 Å². The molecule has 2 heteroatoms. The van der Waals surface area contributed by atoms with Gasteiger partial charge in [0.2, 0.25) is 0 Å². The third kappa shape index (κ3) is 15.7. The van der Waals surface area contributed by atoms with Crippen LogP contribution in [-0.2, 0) is 4.74 Å². The highest BCUT2D eigenvalue weighted by atomic mass is 16.5. The second kappa shape index (κ2) is 15.7. The lowest BCUT2D eigenvalue weighted by Crippen LogP contribution is -2.13. The fraction of sp³-hybridized carbons (Fsp3) is 0.867. The number of rotatable bonds is 13. The van der Waals surface area contributed by atoms with Gasteiger partial charge in [-0.05, 0) is 45.2 Å². The Morgan fingerprint density at radius 3 is 2.24 bits per heavy atom. The van der Waals surface area contributed by atoms with Gasteiger partial charge in [0.05, 0.1) is 0 Å². The highest BCUT2D eigenvalue weighted by molar-refractivity contribution is 4.81. The summed E-state index contributed by atoms with van der Waals surface area (Å²) < 4.78 is 5.00. The van der Waals surface area contributed by atoms with Gasteiger partial charge in [-0.25, -0.2) is 0 Å². The van der Waals surface area contributed by atoms with Gasteiger partial charge >= 0.3 is 0 Å². The smallest absolute Gasteiger partial charge is 0.0465 e. The summed E-state index contributed by atoms with van der Waals surface area (Å²) in [5, 5.41) is 3.36. The zero-order valence-corrected chi connectivity index (χ0v) is 11.8. The van der Waals surface area contributed by atoms with Gasteiger partial charge in [-0.2, -0.15) is 0 Å². The molecule has 0 saturated heterocycles. The Bertz CT molecular complexity index is 157. The first-order valence-corrected chi connectivity index (χ1v) is 7.26. The lowest BCUT2D eigenvalue weighted by molar-refractivity contribution is 0.196. The van der Waals surface area contributed by atoms with Gasteiger partial charge in [0.1, 0.15) is 0 Å². The van der Waals surface area contributed by atoms with E-state index >= 15 is 0 Å². The van der Waals surface area contributed by atoms with Crippen LogP contribution >= 0.6 is 0 Å². The van der Waals surface area contributed by atoms with Crippen LogP contribution in [0.3, 0.4) is 0 Å². The lowest BCUT2D eigenvalue weighted by Gasteiger charge is -2.01. The molecule has 0 aliphatic carbocycles. The molecule has 0 heterocycles. The maximum absolute atomic E-state index is 5.00. The summed E-state index contributed by atoms with van der Waals surface area (Å²) in [6.07, 6.45) is 15.0. The summed E-state index contributed by atoms with van der Waals surface area (Å²) in [4.78, 5) is 0. The van der Waals surface area contributed by atoms with Crippen LogP contribution in [0.5, 0.6) is 0 Å². The van der Waals surface area contributed by atoms with Crippen molar-refractivity contribution in [3.63, 3.8) is 0 Å². The van der Waals surface area contributed by atoms with Crippen molar-refractivity contribution < 1.29 is 4.74 Å².